The average molecular weight is 365 g/mol. The summed E-state index contributed by atoms with van der Waals surface area (Å²) < 4.78 is 6.04. The highest BCUT2D eigenvalue weighted by atomic mass is 79.9. The molecule has 0 radical (unpaired) electrons. The number of aliphatic hydroxyl groups is 1. The molecule has 1 fully saturated rings. The SMILES string of the molecule is CCOC(=O)c1cnc2ccc(Br)cc2c1N[C@H]1C[C@@H](O)C1. The van der Waals surface area contributed by atoms with E-state index >= 15 is 0 Å². The van der Waals surface area contributed by atoms with Crippen molar-refractivity contribution in [1.29, 1.82) is 0 Å². The van der Waals surface area contributed by atoms with Gasteiger partial charge in [-0.1, -0.05) is 15.9 Å². The maximum absolute atomic E-state index is 12.2. The Bertz CT molecular complexity index is 714. The molecular formula is C16H17BrN2O3. The Morgan fingerprint density at radius 3 is 2.95 bits per heavy atom. The van der Waals surface area contributed by atoms with Crippen molar-refractivity contribution >= 4 is 38.5 Å². The zero-order valence-electron chi connectivity index (χ0n) is 12.2. The van der Waals surface area contributed by atoms with Gasteiger partial charge in [0.05, 0.1) is 23.9 Å². The molecule has 6 heteroatoms. The van der Waals surface area contributed by atoms with Crippen molar-refractivity contribution in [2.75, 3.05) is 11.9 Å². The molecule has 0 unspecified atom stereocenters. The number of esters is 1. The number of benzene rings is 1. The molecule has 0 amide bonds. The molecule has 22 heavy (non-hydrogen) atoms. The van der Waals surface area contributed by atoms with E-state index in [9.17, 15) is 9.90 Å². The lowest BCUT2D eigenvalue weighted by molar-refractivity contribution is 0.0527. The predicted octanol–water partition coefficient (Wildman–Crippen LogP) is 3.11. The Labute approximate surface area is 136 Å². The number of aliphatic hydroxyl groups excluding tert-OH is 1. The number of anilines is 1. The molecular weight excluding hydrogens is 348 g/mol. The molecule has 1 aromatic carbocycles. The van der Waals surface area contributed by atoms with Crippen LogP contribution in [0.5, 0.6) is 0 Å². The second-order valence-corrected chi connectivity index (χ2v) is 6.31. The Balaban J connectivity index is 2.06. The van der Waals surface area contributed by atoms with E-state index in [0.29, 0.717) is 25.0 Å². The van der Waals surface area contributed by atoms with E-state index in [1.807, 2.05) is 18.2 Å². The molecule has 0 saturated heterocycles. The number of nitrogens with zero attached hydrogens (tertiary/aromatic N) is 1. The van der Waals surface area contributed by atoms with Gasteiger partial charge in [0.15, 0.2) is 0 Å². The van der Waals surface area contributed by atoms with E-state index in [1.54, 1.807) is 13.1 Å². The lowest BCUT2D eigenvalue weighted by Gasteiger charge is -2.33. The summed E-state index contributed by atoms with van der Waals surface area (Å²) >= 11 is 3.45. The van der Waals surface area contributed by atoms with Gasteiger partial charge in [-0.25, -0.2) is 4.79 Å². The molecule has 1 aliphatic carbocycles. The predicted molar refractivity (Wildman–Crippen MR) is 88.1 cm³/mol. The molecule has 1 aliphatic rings. The quantitative estimate of drug-likeness (QED) is 0.815. The minimum Gasteiger partial charge on any atom is -0.462 e. The van der Waals surface area contributed by atoms with Crippen LogP contribution in [0, 0.1) is 0 Å². The zero-order chi connectivity index (χ0) is 15.7. The Morgan fingerprint density at radius 2 is 2.27 bits per heavy atom. The van der Waals surface area contributed by atoms with E-state index in [1.165, 1.54) is 0 Å². The van der Waals surface area contributed by atoms with Crippen LogP contribution in [0.3, 0.4) is 0 Å². The van der Waals surface area contributed by atoms with Crippen molar-refractivity contribution in [2.24, 2.45) is 0 Å². The van der Waals surface area contributed by atoms with E-state index in [2.05, 4.69) is 26.2 Å². The van der Waals surface area contributed by atoms with E-state index in [4.69, 9.17) is 4.74 Å². The Kier molecular flexibility index (Phi) is 4.31. The van der Waals surface area contributed by atoms with Crippen molar-refractivity contribution in [3.05, 3.63) is 34.4 Å². The summed E-state index contributed by atoms with van der Waals surface area (Å²) in [4.78, 5) is 16.5. The number of nitrogens with one attached hydrogen (secondary N) is 1. The van der Waals surface area contributed by atoms with E-state index in [0.717, 1.165) is 21.1 Å². The standard InChI is InChI=1S/C16H17BrN2O3/c1-2-22-16(21)13-8-18-14-4-3-9(17)5-12(14)15(13)19-10-6-11(20)7-10/h3-5,8,10-11,20H,2,6-7H2,1H3,(H,18,19)/t10-,11+. The van der Waals surface area contributed by atoms with Crippen LogP contribution in [0.15, 0.2) is 28.9 Å². The first kappa shape index (κ1) is 15.2. The summed E-state index contributed by atoms with van der Waals surface area (Å²) in [6, 6.07) is 5.90. The number of fused-ring (bicyclic) bond motifs is 1. The first-order valence-electron chi connectivity index (χ1n) is 7.28. The van der Waals surface area contributed by atoms with Crippen LogP contribution >= 0.6 is 15.9 Å². The van der Waals surface area contributed by atoms with Gasteiger partial charge in [0.25, 0.3) is 0 Å². The van der Waals surface area contributed by atoms with Gasteiger partial charge in [-0.15, -0.1) is 0 Å². The van der Waals surface area contributed by atoms with Gasteiger partial charge in [-0.05, 0) is 38.0 Å². The second kappa shape index (κ2) is 6.22. The first-order chi connectivity index (χ1) is 10.6. The lowest BCUT2D eigenvalue weighted by atomic mass is 9.89. The number of rotatable bonds is 4. The molecule has 2 aromatic rings. The van der Waals surface area contributed by atoms with Gasteiger partial charge >= 0.3 is 5.97 Å². The van der Waals surface area contributed by atoms with Crippen LogP contribution in [-0.2, 0) is 4.74 Å². The number of halogens is 1. The summed E-state index contributed by atoms with van der Waals surface area (Å²) in [6.45, 7) is 2.09. The van der Waals surface area contributed by atoms with Crippen LogP contribution in [0.2, 0.25) is 0 Å². The van der Waals surface area contributed by atoms with Crippen molar-refractivity contribution in [3.8, 4) is 0 Å². The van der Waals surface area contributed by atoms with Crippen LogP contribution in [-0.4, -0.2) is 34.8 Å². The number of pyridine rings is 1. The Hall–Kier alpha value is -1.66. The average Bonchev–Trinajstić information content (AvgIpc) is 2.46. The topological polar surface area (TPSA) is 71.5 Å². The van der Waals surface area contributed by atoms with Crippen LogP contribution in [0.4, 0.5) is 5.69 Å². The summed E-state index contributed by atoms with van der Waals surface area (Å²) in [5.41, 5.74) is 1.95. The summed E-state index contributed by atoms with van der Waals surface area (Å²) in [5, 5.41) is 13.7. The molecule has 0 bridgehead atoms. The lowest BCUT2D eigenvalue weighted by Crippen LogP contribution is -2.39. The van der Waals surface area contributed by atoms with Gasteiger partial charge in [-0.3, -0.25) is 4.98 Å². The van der Waals surface area contributed by atoms with Gasteiger partial charge < -0.3 is 15.2 Å². The van der Waals surface area contributed by atoms with Gasteiger partial charge in [0.1, 0.15) is 5.56 Å². The highest BCUT2D eigenvalue weighted by Gasteiger charge is 2.29. The van der Waals surface area contributed by atoms with Gasteiger partial charge in [0, 0.05) is 22.1 Å². The maximum atomic E-state index is 12.2. The maximum Gasteiger partial charge on any atom is 0.341 e. The third-order valence-electron chi connectivity index (χ3n) is 3.79. The molecule has 116 valence electrons. The fourth-order valence-corrected chi connectivity index (χ4v) is 2.95. The highest BCUT2D eigenvalue weighted by molar-refractivity contribution is 9.10. The molecule has 1 aromatic heterocycles. The van der Waals surface area contributed by atoms with E-state index < -0.39 is 0 Å². The van der Waals surface area contributed by atoms with Gasteiger partial charge in [-0.2, -0.15) is 0 Å². The highest BCUT2D eigenvalue weighted by Crippen LogP contribution is 2.32. The minimum absolute atomic E-state index is 0.160. The van der Waals surface area contributed by atoms with Crippen molar-refractivity contribution < 1.29 is 14.6 Å². The smallest absolute Gasteiger partial charge is 0.341 e. The summed E-state index contributed by atoms with van der Waals surface area (Å²) in [6.07, 6.45) is 2.65. The Morgan fingerprint density at radius 1 is 1.50 bits per heavy atom. The number of hydrogen-bond acceptors (Lipinski definition) is 5. The fraction of sp³-hybridized carbons (Fsp3) is 0.375. The van der Waals surface area contributed by atoms with Crippen molar-refractivity contribution in [1.82, 2.24) is 4.98 Å². The van der Waals surface area contributed by atoms with Crippen LogP contribution in [0.1, 0.15) is 30.1 Å². The second-order valence-electron chi connectivity index (χ2n) is 5.40. The van der Waals surface area contributed by atoms with Crippen LogP contribution < -0.4 is 5.32 Å². The largest absolute Gasteiger partial charge is 0.462 e. The minimum atomic E-state index is -0.390. The monoisotopic (exact) mass is 364 g/mol. The molecule has 1 saturated carbocycles. The number of aromatic nitrogens is 1. The third-order valence-corrected chi connectivity index (χ3v) is 4.28. The van der Waals surface area contributed by atoms with Crippen molar-refractivity contribution in [2.45, 2.75) is 31.9 Å². The number of carbonyl (C=O) groups is 1. The van der Waals surface area contributed by atoms with Gasteiger partial charge in [0.2, 0.25) is 0 Å². The molecule has 1 heterocycles. The first-order valence-corrected chi connectivity index (χ1v) is 8.07. The number of carbonyl (C=O) groups excluding carboxylic acids is 1. The number of ether oxygens (including phenoxy) is 1. The molecule has 5 nitrogen and oxygen atoms in total. The normalized spacial score (nSPS) is 20.5. The summed E-state index contributed by atoms with van der Waals surface area (Å²) in [7, 11) is 0. The molecule has 0 aliphatic heterocycles. The summed E-state index contributed by atoms with van der Waals surface area (Å²) in [5.74, 6) is -0.390. The molecule has 3 rings (SSSR count). The fourth-order valence-electron chi connectivity index (χ4n) is 2.59. The molecule has 0 spiro atoms. The van der Waals surface area contributed by atoms with Crippen molar-refractivity contribution in [3.63, 3.8) is 0 Å². The third kappa shape index (κ3) is 2.94. The number of hydrogen-bond donors (Lipinski definition) is 2. The van der Waals surface area contributed by atoms with Crippen LogP contribution in [0.25, 0.3) is 10.9 Å². The molecule has 2 N–H and O–H groups in total. The van der Waals surface area contributed by atoms with E-state index in [-0.39, 0.29) is 18.1 Å². The molecule has 0 atom stereocenters. The zero-order valence-corrected chi connectivity index (χ0v) is 13.8.